The molecule has 0 bridgehead atoms. The molecule has 2 aromatic rings. The number of rotatable bonds is 5. The van der Waals surface area contributed by atoms with Crippen LogP contribution in [0.5, 0.6) is 0 Å². The second-order valence-corrected chi connectivity index (χ2v) is 5.16. The van der Waals surface area contributed by atoms with Gasteiger partial charge >= 0.3 is 5.97 Å². The van der Waals surface area contributed by atoms with E-state index in [9.17, 15) is 9.59 Å². The summed E-state index contributed by atoms with van der Waals surface area (Å²) >= 11 is 6.16. The number of hydrogen-bond donors (Lipinski definition) is 2. The van der Waals surface area contributed by atoms with Gasteiger partial charge in [0.15, 0.2) is 0 Å². The van der Waals surface area contributed by atoms with E-state index in [4.69, 9.17) is 16.7 Å². The lowest BCUT2D eigenvalue weighted by atomic mass is 10.1. The highest BCUT2D eigenvalue weighted by atomic mass is 35.5. The monoisotopic (exact) mass is 321 g/mol. The van der Waals surface area contributed by atoms with Gasteiger partial charge in [-0.25, -0.2) is 4.68 Å². The normalized spacial score (nSPS) is 12.0. The molecule has 1 unspecified atom stereocenters. The first-order chi connectivity index (χ1) is 10.5. The van der Waals surface area contributed by atoms with Crippen LogP contribution in [0.3, 0.4) is 0 Å². The van der Waals surface area contributed by atoms with E-state index in [0.29, 0.717) is 28.4 Å². The first-order valence-electron chi connectivity index (χ1n) is 6.81. The second kappa shape index (κ2) is 6.62. The number of nitrogens with zero attached hydrogens (tertiary/aromatic N) is 2. The van der Waals surface area contributed by atoms with E-state index < -0.39 is 17.9 Å². The first kappa shape index (κ1) is 16.0. The Bertz CT molecular complexity index is 712. The fourth-order valence-electron chi connectivity index (χ4n) is 2.07. The molecule has 6 nitrogen and oxygen atoms in total. The molecule has 1 heterocycles. The van der Waals surface area contributed by atoms with Crippen LogP contribution in [0.25, 0.3) is 5.69 Å². The van der Waals surface area contributed by atoms with Gasteiger partial charge in [-0.05, 0) is 25.5 Å². The van der Waals surface area contributed by atoms with Crippen molar-refractivity contribution in [2.45, 2.75) is 26.3 Å². The average Bonchev–Trinajstić information content (AvgIpc) is 2.91. The lowest BCUT2D eigenvalue weighted by Crippen LogP contribution is -2.38. The maximum Gasteiger partial charge on any atom is 0.325 e. The van der Waals surface area contributed by atoms with Crippen LogP contribution in [-0.4, -0.2) is 32.8 Å². The van der Waals surface area contributed by atoms with Gasteiger partial charge in [0.1, 0.15) is 6.04 Å². The number of aliphatic carboxylic acids is 1. The van der Waals surface area contributed by atoms with Gasteiger partial charge < -0.3 is 10.4 Å². The quantitative estimate of drug-likeness (QED) is 0.885. The molecule has 0 saturated carbocycles. The lowest BCUT2D eigenvalue weighted by Gasteiger charge is -2.11. The number of halogens is 1. The van der Waals surface area contributed by atoms with Crippen molar-refractivity contribution < 1.29 is 14.7 Å². The molecule has 22 heavy (non-hydrogen) atoms. The Morgan fingerprint density at radius 2 is 2.09 bits per heavy atom. The van der Waals surface area contributed by atoms with E-state index in [-0.39, 0.29) is 0 Å². The number of nitrogens with one attached hydrogen (secondary N) is 1. The third-order valence-corrected chi connectivity index (χ3v) is 3.57. The Hall–Kier alpha value is -2.34. The van der Waals surface area contributed by atoms with E-state index in [1.807, 2.05) is 19.1 Å². The highest BCUT2D eigenvalue weighted by Gasteiger charge is 2.21. The number of carboxylic acid groups (broad SMARTS) is 1. The van der Waals surface area contributed by atoms with Crippen molar-refractivity contribution in [3.05, 3.63) is 46.7 Å². The molecule has 2 rings (SSSR count). The number of carbonyl (C=O) groups is 2. The molecule has 0 aliphatic heterocycles. The summed E-state index contributed by atoms with van der Waals surface area (Å²) in [6.07, 6.45) is 1.97. The molecule has 0 spiro atoms. The molecule has 1 atom stereocenters. The number of carbonyl (C=O) groups excluding carboxylic acids is 1. The van der Waals surface area contributed by atoms with Gasteiger partial charge in [-0.15, -0.1) is 0 Å². The molecule has 116 valence electrons. The molecule has 7 heteroatoms. The first-order valence-corrected chi connectivity index (χ1v) is 7.19. The molecule has 0 radical (unpaired) electrons. The van der Waals surface area contributed by atoms with Crippen molar-refractivity contribution >= 4 is 23.5 Å². The minimum atomic E-state index is -1.09. The Labute approximate surface area is 132 Å². The van der Waals surface area contributed by atoms with E-state index >= 15 is 0 Å². The van der Waals surface area contributed by atoms with Gasteiger partial charge in [-0.1, -0.05) is 30.7 Å². The minimum Gasteiger partial charge on any atom is -0.480 e. The average molecular weight is 322 g/mol. The smallest absolute Gasteiger partial charge is 0.325 e. The molecule has 0 aliphatic carbocycles. The summed E-state index contributed by atoms with van der Waals surface area (Å²) in [7, 11) is 0. The number of amides is 1. The number of benzene rings is 1. The number of hydrogen-bond acceptors (Lipinski definition) is 3. The Kier molecular flexibility index (Phi) is 4.82. The van der Waals surface area contributed by atoms with Gasteiger partial charge in [0, 0.05) is 0 Å². The van der Waals surface area contributed by atoms with E-state index in [1.54, 1.807) is 16.8 Å². The fraction of sp³-hybridized carbons (Fsp3) is 0.267. The number of aromatic nitrogens is 2. The molecule has 0 saturated heterocycles. The van der Waals surface area contributed by atoms with Crippen molar-refractivity contribution in [1.82, 2.24) is 15.1 Å². The van der Waals surface area contributed by atoms with Crippen molar-refractivity contribution in [1.29, 1.82) is 0 Å². The minimum absolute atomic E-state index is 0.343. The Morgan fingerprint density at radius 3 is 2.68 bits per heavy atom. The summed E-state index contributed by atoms with van der Waals surface area (Å²) in [5, 5.41) is 16.0. The maximum absolute atomic E-state index is 12.2. The second-order valence-electron chi connectivity index (χ2n) is 4.76. The van der Waals surface area contributed by atoms with Crippen LogP contribution < -0.4 is 5.32 Å². The molecular formula is C15H16ClN3O3. The molecule has 0 fully saturated rings. The van der Waals surface area contributed by atoms with Crippen molar-refractivity contribution in [2.75, 3.05) is 0 Å². The van der Waals surface area contributed by atoms with Crippen LogP contribution in [0.4, 0.5) is 0 Å². The highest BCUT2D eigenvalue weighted by Crippen LogP contribution is 2.22. The van der Waals surface area contributed by atoms with Crippen LogP contribution in [0, 0.1) is 0 Å². The maximum atomic E-state index is 12.2. The molecule has 1 aromatic heterocycles. The summed E-state index contributed by atoms with van der Waals surface area (Å²) < 4.78 is 1.60. The summed E-state index contributed by atoms with van der Waals surface area (Å²) in [5.74, 6) is -1.56. The molecule has 1 aromatic carbocycles. The Balaban J connectivity index is 2.38. The van der Waals surface area contributed by atoms with Gasteiger partial charge in [0.05, 0.1) is 28.2 Å². The zero-order chi connectivity index (χ0) is 16.3. The predicted molar refractivity (Wildman–Crippen MR) is 82.5 cm³/mol. The van der Waals surface area contributed by atoms with Crippen molar-refractivity contribution in [3.8, 4) is 5.69 Å². The summed E-state index contributed by atoms with van der Waals surface area (Å²) in [5.41, 5.74) is 1.69. The molecule has 2 N–H and O–H groups in total. The molecule has 1 amide bonds. The van der Waals surface area contributed by atoms with Gasteiger partial charge in [-0.2, -0.15) is 5.10 Å². The molecule has 0 aliphatic rings. The third-order valence-electron chi connectivity index (χ3n) is 3.25. The number of para-hydroxylation sites is 1. The van der Waals surface area contributed by atoms with Crippen LogP contribution in [0.15, 0.2) is 30.5 Å². The van der Waals surface area contributed by atoms with Crippen LogP contribution in [0.1, 0.15) is 29.9 Å². The van der Waals surface area contributed by atoms with Gasteiger partial charge in [0.2, 0.25) is 0 Å². The summed E-state index contributed by atoms with van der Waals surface area (Å²) in [4.78, 5) is 23.0. The predicted octanol–water partition coefficient (Wildman–Crippen LogP) is 2.29. The fourth-order valence-corrected chi connectivity index (χ4v) is 2.29. The van der Waals surface area contributed by atoms with Crippen LogP contribution >= 0.6 is 11.6 Å². The van der Waals surface area contributed by atoms with Crippen molar-refractivity contribution in [2.24, 2.45) is 0 Å². The van der Waals surface area contributed by atoms with E-state index in [1.165, 1.54) is 13.1 Å². The van der Waals surface area contributed by atoms with Gasteiger partial charge in [0.25, 0.3) is 5.91 Å². The summed E-state index contributed by atoms with van der Waals surface area (Å²) in [6, 6.07) is 6.21. The van der Waals surface area contributed by atoms with Crippen LogP contribution in [-0.2, 0) is 11.2 Å². The topological polar surface area (TPSA) is 84.2 Å². The Morgan fingerprint density at radius 1 is 1.41 bits per heavy atom. The van der Waals surface area contributed by atoms with E-state index in [2.05, 4.69) is 10.4 Å². The zero-order valence-electron chi connectivity index (χ0n) is 12.2. The standard InChI is InChI=1S/C15H16ClN3O3/c1-3-12-10(14(20)18-9(2)15(21)22)8-17-19(12)13-7-5-4-6-11(13)16/h4-9H,3H2,1-2H3,(H,18,20)(H,21,22). The van der Waals surface area contributed by atoms with Crippen molar-refractivity contribution in [3.63, 3.8) is 0 Å². The van der Waals surface area contributed by atoms with Gasteiger partial charge in [-0.3, -0.25) is 9.59 Å². The van der Waals surface area contributed by atoms with E-state index in [0.717, 1.165) is 0 Å². The summed E-state index contributed by atoms with van der Waals surface area (Å²) in [6.45, 7) is 3.30. The SMILES string of the molecule is CCc1c(C(=O)NC(C)C(=O)O)cnn1-c1ccccc1Cl. The largest absolute Gasteiger partial charge is 0.480 e. The zero-order valence-corrected chi connectivity index (χ0v) is 13.0. The number of carboxylic acids is 1. The third kappa shape index (κ3) is 3.12. The molecular weight excluding hydrogens is 306 g/mol. The highest BCUT2D eigenvalue weighted by molar-refractivity contribution is 6.32. The van der Waals surface area contributed by atoms with Crippen LogP contribution in [0.2, 0.25) is 5.02 Å². The lowest BCUT2D eigenvalue weighted by molar-refractivity contribution is -0.138.